The fourth-order valence-corrected chi connectivity index (χ4v) is 4.48. The summed E-state index contributed by atoms with van der Waals surface area (Å²) in [7, 11) is 0. The lowest BCUT2D eigenvalue weighted by atomic mass is 10.2. The summed E-state index contributed by atoms with van der Waals surface area (Å²) in [6, 6.07) is 7.85. The molecule has 3 rings (SSSR count). The van der Waals surface area contributed by atoms with E-state index in [0.29, 0.717) is 5.02 Å². The Balaban J connectivity index is 1.67. The smallest absolute Gasteiger partial charge is 0.246 e. The van der Waals surface area contributed by atoms with Crippen LogP contribution < -0.4 is 0 Å². The molecule has 0 saturated carbocycles. The van der Waals surface area contributed by atoms with Gasteiger partial charge in [-0.2, -0.15) is 11.8 Å². The van der Waals surface area contributed by atoms with Gasteiger partial charge in [0.1, 0.15) is 0 Å². The van der Waals surface area contributed by atoms with E-state index in [-0.39, 0.29) is 11.9 Å². The Morgan fingerprint density at radius 2 is 2.08 bits per heavy atom. The van der Waals surface area contributed by atoms with Gasteiger partial charge >= 0.3 is 0 Å². The standard InChI is InChI=1S/C19H25ClN2O2S/c20-18-5-2-1-4-16(18)6-7-19(23)22-8-3-13-25-15-17(22)14-21-9-11-24-12-10-21/h1-2,4-7,17H,3,8-15H2/b7-6+/t17-/m0/s1. The lowest BCUT2D eigenvalue weighted by molar-refractivity contribution is -0.128. The summed E-state index contributed by atoms with van der Waals surface area (Å²) in [5.74, 6) is 2.21. The third-order valence-corrected chi connectivity index (χ3v) is 6.15. The summed E-state index contributed by atoms with van der Waals surface area (Å²) in [4.78, 5) is 17.3. The highest BCUT2D eigenvalue weighted by Crippen LogP contribution is 2.20. The zero-order valence-electron chi connectivity index (χ0n) is 14.4. The maximum absolute atomic E-state index is 12.8. The predicted octanol–water partition coefficient (Wildman–Crippen LogP) is 3.02. The Hall–Kier alpha value is -1.01. The zero-order valence-corrected chi connectivity index (χ0v) is 16.0. The molecule has 0 radical (unpaired) electrons. The van der Waals surface area contributed by atoms with Gasteiger partial charge in [-0.25, -0.2) is 0 Å². The number of carbonyl (C=O) groups excluding carboxylic acids is 1. The highest BCUT2D eigenvalue weighted by Gasteiger charge is 2.27. The maximum Gasteiger partial charge on any atom is 0.246 e. The first kappa shape index (κ1) is 18.8. The van der Waals surface area contributed by atoms with Crippen LogP contribution in [0, 0.1) is 0 Å². The van der Waals surface area contributed by atoms with Crippen molar-refractivity contribution in [2.24, 2.45) is 0 Å². The zero-order chi connectivity index (χ0) is 17.5. The molecule has 0 unspecified atom stereocenters. The molecule has 4 nitrogen and oxygen atoms in total. The van der Waals surface area contributed by atoms with Crippen molar-refractivity contribution < 1.29 is 9.53 Å². The minimum absolute atomic E-state index is 0.0840. The third kappa shape index (κ3) is 5.48. The van der Waals surface area contributed by atoms with Crippen LogP contribution in [0.1, 0.15) is 12.0 Å². The second-order valence-electron chi connectivity index (χ2n) is 6.38. The summed E-state index contributed by atoms with van der Waals surface area (Å²) in [6.07, 6.45) is 4.55. The number of rotatable bonds is 4. The molecule has 2 aliphatic heterocycles. The van der Waals surface area contributed by atoms with Gasteiger partial charge in [0.05, 0.1) is 19.3 Å². The van der Waals surface area contributed by atoms with Gasteiger partial charge in [-0.3, -0.25) is 9.69 Å². The van der Waals surface area contributed by atoms with Gasteiger partial charge in [-0.15, -0.1) is 0 Å². The van der Waals surface area contributed by atoms with E-state index in [1.165, 1.54) is 0 Å². The molecule has 0 aliphatic carbocycles. The topological polar surface area (TPSA) is 32.8 Å². The van der Waals surface area contributed by atoms with Gasteiger partial charge in [0, 0.05) is 43.0 Å². The summed E-state index contributed by atoms with van der Waals surface area (Å²) < 4.78 is 5.44. The van der Waals surface area contributed by atoms with Crippen LogP contribution in [0.5, 0.6) is 0 Å². The van der Waals surface area contributed by atoms with Gasteiger partial charge in [0.2, 0.25) is 5.91 Å². The van der Waals surface area contributed by atoms with Crippen molar-refractivity contribution in [3.63, 3.8) is 0 Å². The number of thioether (sulfide) groups is 1. The number of amides is 1. The molecule has 1 aromatic rings. The molecule has 6 heteroatoms. The third-order valence-electron chi connectivity index (χ3n) is 4.61. The van der Waals surface area contributed by atoms with E-state index in [9.17, 15) is 4.79 Å². The van der Waals surface area contributed by atoms with Gasteiger partial charge in [-0.1, -0.05) is 29.8 Å². The molecule has 2 saturated heterocycles. The van der Waals surface area contributed by atoms with Crippen LogP contribution in [0.15, 0.2) is 30.3 Å². The Morgan fingerprint density at radius 3 is 2.88 bits per heavy atom. The van der Waals surface area contributed by atoms with Crippen molar-refractivity contribution >= 4 is 35.3 Å². The van der Waals surface area contributed by atoms with E-state index >= 15 is 0 Å². The fraction of sp³-hybridized carbons (Fsp3) is 0.526. The molecule has 1 amide bonds. The minimum Gasteiger partial charge on any atom is -0.379 e. The van der Waals surface area contributed by atoms with Gasteiger partial charge < -0.3 is 9.64 Å². The number of ether oxygens (including phenoxy) is 1. The van der Waals surface area contributed by atoms with Crippen LogP contribution in [0.25, 0.3) is 6.08 Å². The lowest BCUT2D eigenvalue weighted by Crippen LogP contribution is -2.50. The van der Waals surface area contributed by atoms with Crippen molar-refractivity contribution in [3.05, 3.63) is 40.9 Å². The number of hydrogen-bond donors (Lipinski definition) is 0. The summed E-state index contributed by atoms with van der Waals surface area (Å²) in [6.45, 7) is 5.26. The van der Waals surface area contributed by atoms with Gasteiger partial charge in [0.25, 0.3) is 0 Å². The maximum atomic E-state index is 12.8. The average Bonchev–Trinajstić information content (AvgIpc) is 2.87. The molecule has 0 bridgehead atoms. The Labute approximate surface area is 159 Å². The molecule has 25 heavy (non-hydrogen) atoms. The van der Waals surface area contributed by atoms with Crippen molar-refractivity contribution in [1.29, 1.82) is 0 Å². The van der Waals surface area contributed by atoms with Crippen molar-refractivity contribution in [2.75, 3.05) is 50.9 Å². The molecule has 2 aliphatic rings. The molecular weight excluding hydrogens is 356 g/mol. The van der Waals surface area contributed by atoms with Gasteiger partial charge in [0.15, 0.2) is 0 Å². The van der Waals surface area contributed by atoms with Crippen LogP contribution in [0.2, 0.25) is 5.02 Å². The number of carbonyl (C=O) groups is 1. The second kappa shape index (κ2) is 9.62. The molecule has 0 N–H and O–H groups in total. The SMILES string of the molecule is O=C(/C=C/c1ccccc1Cl)N1CCCSC[C@@H]1CN1CCOCC1. The number of hydrogen-bond acceptors (Lipinski definition) is 4. The van der Waals surface area contributed by atoms with Crippen LogP contribution in [-0.4, -0.2) is 72.6 Å². The van der Waals surface area contributed by atoms with Crippen LogP contribution in [0.4, 0.5) is 0 Å². The largest absolute Gasteiger partial charge is 0.379 e. The number of morpholine rings is 1. The van der Waals surface area contributed by atoms with Crippen LogP contribution in [0.3, 0.4) is 0 Å². The first-order chi connectivity index (χ1) is 12.2. The lowest BCUT2D eigenvalue weighted by Gasteiger charge is -2.35. The molecule has 2 fully saturated rings. The van der Waals surface area contributed by atoms with Crippen molar-refractivity contribution in [1.82, 2.24) is 9.80 Å². The fourth-order valence-electron chi connectivity index (χ4n) is 3.22. The van der Waals surface area contributed by atoms with E-state index in [0.717, 1.165) is 62.9 Å². The summed E-state index contributed by atoms with van der Waals surface area (Å²) in [5.41, 5.74) is 0.881. The van der Waals surface area contributed by atoms with E-state index in [4.69, 9.17) is 16.3 Å². The molecule has 136 valence electrons. The normalized spacial score (nSPS) is 22.9. The predicted molar refractivity (Wildman–Crippen MR) is 105 cm³/mol. The molecule has 2 heterocycles. The Kier molecular flexibility index (Phi) is 7.23. The second-order valence-corrected chi connectivity index (χ2v) is 7.94. The number of nitrogens with zero attached hydrogens (tertiary/aromatic N) is 2. The van der Waals surface area contributed by atoms with Crippen LogP contribution >= 0.6 is 23.4 Å². The van der Waals surface area contributed by atoms with E-state index in [2.05, 4.69) is 4.90 Å². The first-order valence-corrected chi connectivity index (χ1v) is 10.4. The Bertz CT molecular complexity index is 605. The van der Waals surface area contributed by atoms with E-state index in [1.807, 2.05) is 47.0 Å². The monoisotopic (exact) mass is 380 g/mol. The number of halogens is 1. The number of benzene rings is 1. The molecule has 0 aromatic heterocycles. The highest BCUT2D eigenvalue weighted by molar-refractivity contribution is 7.99. The van der Waals surface area contributed by atoms with E-state index < -0.39 is 0 Å². The molecule has 0 spiro atoms. The van der Waals surface area contributed by atoms with Crippen molar-refractivity contribution in [2.45, 2.75) is 12.5 Å². The molecule has 1 atom stereocenters. The first-order valence-electron chi connectivity index (χ1n) is 8.85. The quantitative estimate of drug-likeness (QED) is 0.752. The van der Waals surface area contributed by atoms with Crippen molar-refractivity contribution in [3.8, 4) is 0 Å². The molecular formula is C19H25ClN2O2S. The molecule has 1 aromatic carbocycles. The van der Waals surface area contributed by atoms with Crippen LogP contribution in [-0.2, 0) is 9.53 Å². The Morgan fingerprint density at radius 1 is 1.28 bits per heavy atom. The van der Waals surface area contributed by atoms with E-state index in [1.54, 1.807) is 6.08 Å². The summed E-state index contributed by atoms with van der Waals surface area (Å²) >= 11 is 8.13. The average molecular weight is 381 g/mol. The highest BCUT2D eigenvalue weighted by atomic mass is 35.5. The summed E-state index contributed by atoms with van der Waals surface area (Å²) in [5, 5.41) is 0.669. The minimum atomic E-state index is 0.0840. The van der Waals surface area contributed by atoms with Gasteiger partial charge in [-0.05, 0) is 29.9 Å².